The van der Waals surface area contributed by atoms with Crippen molar-refractivity contribution in [2.45, 2.75) is 36.8 Å². The fraction of sp³-hybridized carbons (Fsp3) is 0.538. The third kappa shape index (κ3) is 3.88. The lowest BCUT2D eigenvalue weighted by molar-refractivity contribution is 0.0386. The summed E-state index contributed by atoms with van der Waals surface area (Å²) in [7, 11) is -3.83. The molecule has 1 saturated heterocycles. The summed E-state index contributed by atoms with van der Waals surface area (Å²) in [5.74, 6) is 0. The molecule has 1 unspecified atom stereocenters. The lowest BCUT2D eigenvalue weighted by Gasteiger charge is -2.34. The van der Waals surface area contributed by atoms with Gasteiger partial charge in [-0.2, -0.15) is 0 Å². The zero-order valence-corrected chi connectivity index (χ0v) is 13.9. The second-order valence-electron chi connectivity index (χ2n) is 5.35. The molecule has 0 saturated carbocycles. The third-order valence-corrected chi connectivity index (χ3v) is 5.83. The average Bonchev–Trinajstić information content (AvgIpc) is 2.38. The molecule has 0 amide bonds. The molecular weight excluding hydrogens is 337 g/mol. The SMILES string of the molecule is CC1(NS(=O)(=O)c2cc(CO)c(Cl)cc2Cl)CCCOC1. The zero-order valence-electron chi connectivity index (χ0n) is 11.5. The van der Waals surface area contributed by atoms with Gasteiger partial charge in [0.05, 0.1) is 23.8 Å². The highest BCUT2D eigenvalue weighted by molar-refractivity contribution is 7.89. The first-order valence-corrected chi connectivity index (χ1v) is 8.72. The average molecular weight is 354 g/mol. The summed E-state index contributed by atoms with van der Waals surface area (Å²) >= 11 is 11.9. The van der Waals surface area contributed by atoms with Crippen LogP contribution in [0.5, 0.6) is 0 Å². The molecule has 1 aliphatic heterocycles. The minimum absolute atomic E-state index is 0.0185. The fourth-order valence-electron chi connectivity index (χ4n) is 2.29. The van der Waals surface area contributed by atoms with Crippen LogP contribution in [0.3, 0.4) is 0 Å². The van der Waals surface area contributed by atoms with E-state index in [4.69, 9.17) is 27.9 Å². The molecule has 0 radical (unpaired) electrons. The molecule has 1 fully saturated rings. The lowest BCUT2D eigenvalue weighted by atomic mass is 9.97. The van der Waals surface area contributed by atoms with E-state index in [1.165, 1.54) is 12.1 Å². The number of halogens is 2. The molecule has 0 bridgehead atoms. The molecule has 1 heterocycles. The summed E-state index contributed by atoms with van der Waals surface area (Å²) in [6, 6.07) is 2.61. The zero-order chi connectivity index (χ0) is 15.7. The van der Waals surface area contributed by atoms with E-state index in [-0.39, 0.29) is 21.5 Å². The maximum Gasteiger partial charge on any atom is 0.242 e. The van der Waals surface area contributed by atoms with E-state index in [2.05, 4.69) is 4.72 Å². The van der Waals surface area contributed by atoms with Gasteiger partial charge in [-0.25, -0.2) is 13.1 Å². The van der Waals surface area contributed by atoms with Crippen molar-refractivity contribution >= 4 is 33.2 Å². The summed E-state index contributed by atoms with van der Waals surface area (Å²) < 4.78 is 33.0. The normalized spacial score (nSPS) is 23.2. The minimum Gasteiger partial charge on any atom is -0.392 e. The molecular formula is C13H17Cl2NO4S. The van der Waals surface area contributed by atoms with Crippen molar-refractivity contribution in [2.75, 3.05) is 13.2 Å². The molecule has 1 aromatic rings. The van der Waals surface area contributed by atoms with Crippen LogP contribution >= 0.6 is 23.2 Å². The number of rotatable bonds is 4. The Morgan fingerprint density at radius 3 is 2.67 bits per heavy atom. The number of hydrogen-bond donors (Lipinski definition) is 2. The van der Waals surface area contributed by atoms with E-state index in [0.717, 1.165) is 6.42 Å². The van der Waals surface area contributed by atoms with E-state index < -0.39 is 15.6 Å². The van der Waals surface area contributed by atoms with Crippen molar-refractivity contribution in [3.63, 3.8) is 0 Å². The monoisotopic (exact) mass is 353 g/mol. The topological polar surface area (TPSA) is 75.6 Å². The van der Waals surface area contributed by atoms with Crippen LogP contribution in [0.1, 0.15) is 25.3 Å². The molecule has 5 nitrogen and oxygen atoms in total. The number of sulfonamides is 1. The number of aliphatic hydroxyl groups is 1. The predicted octanol–water partition coefficient (Wildman–Crippen LogP) is 2.33. The molecule has 8 heteroatoms. The molecule has 21 heavy (non-hydrogen) atoms. The molecule has 2 N–H and O–H groups in total. The molecule has 2 rings (SSSR count). The van der Waals surface area contributed by atoms with Crippen molar-refractivity contribution < 1.29 is 18.3 Å². The highest BCUT2D eigenvalue weighted by atomic mass is 35.5. The van der Waals surface area contributed by atoms with Crippen molar-refractivity contribution in [3.05, 3.63) is 27.7 Å². The molecule has 1 atom stereocenters. The van der Waals surface area contributed by atoms with Crippen molar-refractivity contribution in [3.8, 4) is 0 Å². The Morgan fingerprint density at radius 2 is 2.10 bits per heavy atom. The number of hydrogen-bond acceptors (Lipinski definition) is 4. The Morgan fingerprint density at radius 1 is 1.38 bits per heavy atom. The highest BCUT2D eigenvalue weighted by Gasteiger charge is 2.34. The fourth-order valence-corrected chi connectivity index (χ4v) is 4.57. The molecule has 0 aromatic heterocycles. The quantitative estimate of drug-likeness (QED) is 0.870. The van der Waals surface area contributed by atoms with E-state index in [1.807, 2.05) is 0 Å². The number of nitrogens with one attached hydrogen (secondary N) is 1. The van der Waals surface area contributed by atoms with Crippen LogP contribution in [0.2, 0.25) is 10.0 Å². The summed E-state index contributed by atoms with van der Waals surface area (Å²) in [6.07, 6.45) is 1.47. The van der Waals surface area contributed by atoms with Gasteiger partial charge in [0.25, 0.3) is 0 Å². The third-order valence-electron chi connectivity index (χ3n) is 3.38. The summed E-state index contributed by atoms with van der Waals surface area (Å²) in [5, 5.41) is 9.46. The van der Waals surface area contributed by atoms with Crippen molar-refractivity contribution in [1.29, 1.82) is 0 Å². The lowest BCUT2D eigenvalue weighted by Crippen LogP contribution is -2.51. The molecule has 1 aromatic carbocycles. The van der Waals surface area contributed by atoms with Crippen LogP contribution in [0.4, 0.5) is 0 Å². The Balaban J connectivity index is 2.35. The first-order valence-electron chi connectivity index (χ1n) is 6.48. The Labute approximate surface area is 134 Å². The van der Waals surface area contributed by atoms with Crippen LogP contribution < -0.4 is 4.72 Å². The van der Waals surface area contributed by atoms with Crippen LogP contribution in [-0.4, -0.2) is 32.3 Å². The van der Waals surface area contributed by atoms with Gasteiger partial charge in [-0.3, -0.25) is 0 Å². The second kappa shape index (κ2) is 6.40. The van der Waals surface area contributed by atoms with Gasteiger partial charge >= 0.3 is 0 Å². The van der Waals surface area contributed by atoms with Gasteiger partial charge in [0.2, 0.25) is 10.0 Å². The van der Waals surface area contributed by atoms with Gasteiger partial charge in [0, 0.05) is 11.6 Å². The molecule has 1 aliphatic rings. The van der Waals surface area contributed by atoms with Gasteiger partial charge in [0.1, 0.15) is 4.90 Å². The molecule has 0 aliphatic carbocycles. The molecule has 0 spiro atoms. The second-order valence-corrected chi connectivity index (χ2v) is 7.82. The van der Waals surface area contributed by atoms with Gasteiger partial charge in [-0.15, -0.1) is 0 Å². The van der Waals surface area contributed by atoms with E-state index in [9.17, 15) is 13.5 Å². The highest BCUT2D eigenvalue weighted by Crippen LogP contribution is 2.30. The van der Waals surface area contributed by atoms with E-state index >= 15 is 0 Å². The first kappa shape index (κ1) is 17.0. The van der Waals surface area contributed by atoms with Crippen molar-refractivity contribution in [1.82, 2.24) is 4.72 Å². The number of aliphatic hydroxyl groups excluding tert-OH is 1. The van der Waals surface area contributed by atoms with Crippen LogP contribution in [0.15, 0.2) is 17.0 Å². The first-order chi connectivity index (χ1) is 9.77. The predicted molar refractivity (Wildman–Crippen MR) is 81.2 cm³/mol. The maximum atomic E-state index is 12.5. The Kier molecular flexibility index (Phi) is 5.18. The van der Waals surface area contributed by atoms with Gasteiger partial charge < -0.3 is 9.84 Å². The summed E-state index contributed by atoms with van der Waals surface area (Å²) in [4.78, 5) is -0.0931. The van der Waals surface area contributed by atoms with Gasteiger partial charge in [0.15, 0.2) is 0 Å². The standard InChI is InChI=1S/C13H17Cl2NO4S/c1-13(3-2-4-20-8-13)16-21(18,19)12-5-9(7-17)10(14)6-11(12)15/h5-6,16-17H,2-4,7-8H2,1H3. The van der Waals surface area contributed by atoms with Gasteiger partial charge in [-0.1, -0.05) is 23.2 Å². The van der Waals surface area contributed by atoms with Crippen LogP contribution in [0, 0.1) is 0 Å². The molecule has 118 valence electrons. The Bertz CT molecular complexity index is 627. The summed E-state index contributed by atoms with van der Waals surface area (Å²) in [5.41, 5.74) is -0.356. The van der Waals surface area contributed by atoms with E-state index in [0.29, 0.717) is 25.2 Å². The Hall–Kier alpha value is -0.370. The maximum absolute atomic E-state index is 12.5. The summed E-state index contributed by atoms with van der Waals surface area (Å²) in [6.45, 7) is 2.37. The van der Waals surface area contributed by atoms with Gasteiger partial charge in [-0.05, 0) is 37.5 Å². The largest absolute Gasteiger partial charge is 0.392 e. The minimum atomic E-state index is -3.83. The number of benzene rings is 1. The van der Waals surface area contributed by atoms with Crippen molar-refractivity contribution in [2.24, 2.45) is 0 Å². The number of ether oxygens (including phenoxy) is 1. The van der Waals surface area contributed by atoms with Crippen LogP contribution in [0.25, 0.3) is 0 Å². The van der Waals surface area contributed by atoms with Crippen LogP contribution in [-0.2, 0) is 21.4 Å². The van der Waals surface area contributed by atoms with E-state index in [1.54, 1.807) is 6.92 Å². The smallest absolute Gasteiger partial charge is 0.242 e.